The van der Waals surface area contributed by atoms with E-state index in [1.807, 2.05) is 0 Å². The Balaban J connectivity index is 1.94. The van der Waals surface area contributed by atoms with E-state index in [1.165, 1.54) is 27.7 Å². The molecule has 0 atom stereocenters. The molecule has 0 aliphatic heterocycles. The second-order valence-corrected chi connectivity index (χ2v) is 11.3. The highest BCUT2D eigenvalue weighted by molar-refractivity contribution is 8.69. The van der Waals surface area contributed by atoms with Gasteiger partial charge in [0.15, 0.2) is 0 Å². The van der Waals surface area contributed by atoms with E-state index >= 15 is 0 Å². The Kier molecular flexibility index (Phi) is 4.82. The maximum atomic E-state index is 5.66. The predicted molar refractivity (Wildman–Crippen MR) is 87.4 cm³/mol. The Labute approximate surface area is 117 Å². The van der Waals surface area contributed by atoms with E-state index in [-0.39, 0.29) is 0 Å². The zero-order valence-corrected chi connectivity index (χ0v) is 12.6. The average Bonchev–Trinajstić information content (AvgIpc) is 2.33. The van der Waals surface area contributed by atoms with Gasteiger partial charge in [-0.25, -0.2) is 0 Å². The van der Waals surface area contributed by atoms with Gasteiger partial charge < -0.3 is 0 Å². The van der Waals surface area contributed by atoms with Crippen LogP contribution in [0, 0.1) is 0 Å². The monoisotopic (exact) mass is 296 g/mol. The van der Waals surface area contributed by atoms with Crippen LogP contribution in [0.4, 0.5) is 0 Å². The van der Waals surface area contributed by atoms with Gasteiger partial charge in [-0.15, -0.1) is 0 Å². The van der Waals surface area contributed by atoms with E-state index in [0.717, 1.165) is 18.6 Å². The van der Waals surface area contributed by atoms with Crippen molar-refractivity contribution in [2.45, 2.75) is 12.8 Å². The minimum atomic E-state index is -2.08. The summed E-state index contributed by atoms with van der Waals surface area (Å²) in [5.74, 6) is 0.942. The molecule has 0 radical (unpaired) electrons. The van der Waals surface area contributed by atoms with Crippen molar-refractivity contribution >= 4 is 39.5 Å². The molecule has 0 unspecified atom stereocenters. The molecule has 0 heterocycles. The lowest BCUT2D eigenvalue weighted by Crippen LogP contribution is -2.00. The summed E-state index contributed by atoms with van der Waals surface area (Å²) in [4.78, 5) is 0. The Morgan fingerprint density at radius 1 is 1.06 bits per heavy atom. The molecule has 0 saturated carbocycles. The minimum absolute atomic E-state index is 0.942. The van der Waals surface area contributed by atoms with Crippen LogP contribution < -0.4 is 11.0 Å². The van der Waals surface area contributed by atoms with Gasteiger partial charge in [0.05, 0.1) is 0 Å². The number of aryl methyl sites for hydroxylation is 1. The molecule has 0 aliphatic carbocycles. The lowest BCUT2D eigenvalue weighted by molar-refractivity contribution is 0.937. The molecular weight excluding hydrogens is 279 g/mol. The summed E-state index contributed by atoms with van der Waals surface area (Å²) in [7, 11) is 0. The van der Waals surface area contributed by atoms with Crippen LogP contribution in [0.2, 0.25) is 0 Å². The van der Waals surface area contributed by atoms with Crippen molar-refractivity contribution in [3.05, 3.63) is 48.0 Å². The van der Waals surface area contributed by atoms with Crippen LogP contribution in [-0.4, -0.2) is 5.75 Å². The second kappa shape index (κ2) is 6.18. The third-order valence-electron chi connectivity index (χ3n) is 2.72. The largest absolute Gasteiger partial charge is 0.283 e. The van der Waals surface area contributed by atoms with Gasteiger partial charge in [0.1, 0.15) is 5.54 Å². The predicted octanol–water partition coefficient (Wildman–Crippen LogP) is 3.65. The first-order valence-corrected chi connectivity index (χ1v) is 10.4. The van der Waals surface area contributed by atoms with Crippen LogP contribution in [-0.2, 0) is 18.2 Å². The van der Waals surface area contributed by atoms with E-state index in [9.17, 15) is 0 Å². The van der Waals surface area contributed by atoms with Crippen LogP contribution in [0.25, 0.3) is 10.8 Å². The van der Waals surface area contributed by atoms with Crippen LogP contribution in [0.3, 0.4) is 0 Å². The second-order valence-electron chi connectivity index (χ2n) is 4.26. The molecule has 0 saturated heterocycles. The number of hydrogen-bond donors (Lipinski definition) is 2. The molecule has 2 aromatic rings. The summed E-state index contributed by atoms with van der Waals surface area (Å²) in [5.41, 5.74) is 10.6. The first kappa shape index (κ1) is 14.0. The molecule has 0 amide bonds. The van der Waals surface area contributed by atoms with E-state index in [2.05, 4.69) is 42.5 Å². The maximum Gasteiger partial charge on any atom is 0.122 e. The molecule has 4 N–H and O–H groups in total. The van der Waals surface area contributed by atoms with E-state index in [1.54, 1.807) is 0 Å². The fraction of sp³-hybridized carbons (Fsp3) is 0.231. The third-order valence-corrected chi connectivity index (χ3v) is 6.30. The van der Waals surface area contributed by atoms with Crippen molar-refractivity contribution < 1.29 is 0 Å². The van der Waals surface area contributed by atoms with Crippen LogP contribution in [0.1, 0.15) is 12.0 Å². The number of hydrogen-bond acceptors (Lipinski definition) is 2. The van der Waals surface area contributed by atoms with Crippen molar-refractivity contribution in [2.24, 2.45) is 11.0 Å². The zero-order chi connectivity index (χ0) is 13.0. The van der Waals surface area contributed by atoms with E-state index < -0.39 is 5.54 Å². The van der Waals surface area contributed by atoms with Crippen molar-refractivity contribution in [3.63, 3.8) is 0 Å². The molecule has 5 heteroatoms. The molecule has 2 rings (SSSR count). The molecule has 96 valence electrons. The van der Waals surface area contributed by atoms with Gasteiger partial charge in [-0.1, -0.05) is 65.7 Å². The van der Waals surface area contributed by atoms with Gasteiger partial charge in [-0.3, -0.25) is 11.0 Å². The molecular formula is C13H17N2PS2. The molecule has 0 aliphatic rings. The van der Waals surface area contributed by atoms with Gasteiger partial charge in [-0.05, 0) is 29.2 Å². The maximum absolute atomic E-state index is 5.66. The van der Waals surface area contributed by atoms with Crippen molar-refractivity contribution in [1.82, 2.24) is 0 Å². The van der Waals surface area contributed by atoms with Crippen LogP contribution in [0.5, 0.6) is 0 Å². The first-order chi connectivity index (χ1) is 8.54. The molecule has 0 spiro atoms. The standard InChI is InChI=1S/C13H17N2PS2/c14-16(15,17)18-9-3-4-11-7-8-12-5-1-2-6-13(12)10-11/h1-2,5-8,10H,3-4,9H2,(H4,14,15,17). The Bertz CT molecular complexity index is 580. The van der Waals surface area contributed by atoms with E-state index in [4.69, 9.17) is 22.8 Å². The lowest BCUT2D eigenvalue weighted by atomic mass is 10.0. The molecule has 2 aromatic carbocycles. The summed E-state index contributed by atoms with van der Waals surface area (Å²) in [6.45, 7) is 0. The van der Waals surface area contributed by atoms with Gasteiger partial charge in [0.25, 0.3) is 0 Å². The quantitative estimate of drug-likeness (QED) is 0.653. The number of benzene rings is 2. The Morgan fingerprint density at radius 2 is 1.78 bits per heavy atom. The van der Waals surface area contributed by atoms with Gasteiger partial charge in [0.2, 0.25) is 0 Å². The molecule has 2 nitrogen and oxygen atoms in total. The lowest BCUT2D eigenvalue weighted by Gasteiger charge is -2.09. The molecule has 0 aromatic heterocycles. The minimum Gasteiger partial charge on any atom is -0.283 e. The van der Waals surface area contributed by atoms with E-state index in [0.29, 0.717) is 0 Å². The van der Waals surface area contributed by atoms with Crippen molar-refractivity contribution in [2.75, 3.05) is 5.75 Å². The van der Waals surface area contributed by atoms with Gasteiger partial charge in [0, 0.05) is 5.75 Å². The first-order valence-electron chi connectivity index (χ1n) is 5.84. The van der Waals surface area contributed by atoms with Gasteiger partial charge in [-0.2, -0.15) is 0 Å². The smallest absolute Gasteiger partial charge is 0.122 e. The van der Waals surface area contributed by atoms with Crippen LogP contribution in [0.15, 0.2) is 42.5 Å². The fourth-order valence-electron chi connectivity index (χ4n) is 1.88. The van der Waals surface area contributed by atoms with Gasteiger partial charge >= 0.3 is 0 Å². The highest BCUT2D eigenvalue weighted by Gasteiger charge is 2.03. The number of rotatable bonds is 5. The summed E-state index contributed by atoms with van der Waals surface area (Å²) in [5, 5.41) is 2.58. The summed E-state index contributed by atoms with van der Waals surface area (Å²) in [6, 6.07) is 15.0. The third kappa shape index (κ3) is 4.38. The fourth-order valence-corrected chi connectivity index (χ4v) is 4.35. The zero-order valence-electron chi connectivity index (χ0n) is 10.1. The molecule has 0 bridgehead atoms. The highest BCUT2D eigenvalue weighted by atomic mass is 32.9. The summed E-state index contributed by atoms with van der Waals surface area (Å²) >= 11 is 6.55. The summed E-state index contributed by atoms with van der Waals surface area (Å²) < 4.78 is 0. The normalized spacial score (nSPS) is 11.9. The number of fused-ring (bicyclic) bond motifs is 1. The SMILES string of the molecule is NP(N)(=S)SCCCc1ccc2ccccc2c1. The Hall–Kier alpha value is -0.380. The topological polar surface area (TPSA) is 52.0 Å². The van der Waals surface area contributed by atoms with Crippen molar-refractivity contribution in [3.8, 4) is 0 Å². The number of nitrogens with two attached hydrogens (primary N) is 2. The van der Waals surface area contributed by atoms with Crippen LogP contribution >= 0.6 is 16.9 Å². The Morgan fingerprint density at radius 3 is 2.50 bits per heavy atom. The molecule has 18 heavy (non-hydrogen) atoms. The summed E-state index contributed by atoms with van der Waals surface area (Å²) in [6.07, 6.45) is 2.11. The highest BCUT2D eigenvalue weighted by Crippen LogP contribution is 2.43. The average molecular weight is 296 g/mol. The molecule has 0 fully saturated rings. The van der Waals surface area contributed by atoms with Crippen molar-refractivity contribution in [1.29, 1.82) is 0 Å².